The van der Waals surface area contributed by atoms with Crippen molar-refractivity contribution in [2.75, 3.05) is 19.0 Å². The first-order valence-corrected chi connectivity index (χ1v) is 9.82. The van der Waals surface area contributed by atoms with Gasteiger partial charge in [0.2, 0.25) is 0 Å². The maximum atomic E-state index is 13.8. The molecule has 0 fully saturated rings. The number of fused-ring (bicyclic) bond motifs is 1. The van der Waals surface area contributed by atoms with E-state index in [4.69, 9.17) is 9.47 Å². The topological polar surface area (TPSA) is 95.6 Å². The third-order valence-electron chi connectivity index (χ3n) is 4.71. The van der Waals surface area contributed by atoms with E-state index < -0.39 is 17.8 Å². The van der Waals surface area contributed by atoms with Crippen LogP contribution in [0.3, 0.4) is 0 Å². The van der Waals surface area contributed by atoms with Crippen LogP contribution in [0.4, 0.5) is 18.9 Å². The summed E-state index contributed by atoms with van der Waals surface area (Å²) in [6.07, 6.45) is -0.728. The smallest absolute Gasteiger partial charge is 0.433 e. The summed E-state index contributed by atoms with van der Waals surface area (Å²) in [5.74, 6) is -0.126. The van der Waals surface area contributed by atoms with Crippen LogP contribution in [0.5, 0.6) is 5.75 Å². The van der Waals surface area contributed by atoms with E-state index in [-0.39, 0.29) is 23.6 Å². The molecule has 12 heteroatoms. The summed E-state index contributed by atoms with van der Waals surface area (Å²) >= 11 is 0. The molecule has 3 heterocycles. The van der Waals surface area contributed by atoms with Gasteiger partial charge in [-0.15, -0.1) is 0 Å². The second kappa shape index (κ2) is 8.90. The number of carbonyl (C=O) groups excluding carboxylic acids is 1. The average molecular weight is 460 g/mol. The number of methoxy groups -OCH3 is 1. The fraction of sp³-hybridized carbons (Fsp3) is 0.238. The van der Waals surface area contributed by atoms with Gasteiger partial charge in [-0.3, -0.25) is 4.79 Å². The van der Waals surface area contributed by atoms with Gasteiger partial charge in [0.05, 0.1) is 37.1 Å². The minimum atomic E-state index is -4.72. The van der Waals surface area contributed by atoms with E-state index in [1.54, 1.807) is 24.3 Å². The zero-order chi connectivity index (χ0) is 23.6. The summed E-state index contributed by atoms with van der Waals surface area (Å²) in [5.41, 5.74) is -0.586. The van der Waals surface area contributed by atoms with Crippen LogP contribution in [-0.2, 0) is 17.6 Å². The van der Waals surface area contributed by atoms with Crippen molar-refractivity contribution in [3.63, 3.8) is 0 Å². The molecule has 33 heavy (non-hydrogen) atoms. The van der Waals surface area contributed by atoms with Crippen molar-refractivity contribution >= 4 is 17.2 Å². The number of amides is 1. The monoisotopic (exact) mass is 460 g/mol. The molecule has 3 aromatic heterocycles. The lowest BCUT2D eigenvalue weighted by Gasteiger charge is -2.12. The van der Waals surface area contributed by atoms with Gasteiger partial charge in [0.15, 0.2) is 11.3 Å². The molecule has 0 saturated carbocycles. The molecule has 0 aliphatic rings. The van der Waals surface area contributed by atoms with Crippen LogP contribution in [0, 0.1) is 0 Å². The highest BCUT2D eigenvalue weighted by Crippen LogP contribution is 2.33. The van der Waals surface area contributed by atoms with E-state index in [2.05, 4.69) is 20.5 Å². The molecule has 0 bridgehead atoms. The number of carbonyl (C=O) groups is 1. The van der Waals surface area contributed by atoms with E-state index in [0.29, 0.717) is 28.1 Å². The second-order valence-corrected chi connectivity index (χ2v) is 6.89. The number of alkyl halides is 3. The number of rotatable bonds is 7. The highest BCUT2D eigenvalue weighted by molar-refractivity contribution is 6.08. The molecular weight excluding hydrogens is 441 g/mol. The predicted octanol–water partition coefficient (Wildman–Crippen LogP) is 3.87. The largest absolute Gasteiger partial charge is 0.497 e. The normalized spacial score (nSPS) is 11.7. The standard InChI is InChI=1S/C21H19F3N6O3/c1-3-33-12-29-11-14(9-25-29)27-20(31)16-10-26-30-18(21(22,23)24)8-17(28-19(16)30)13-4-6-15(32-2)7-5-13/h4-11H,3,12H2,1-2H3,(H,27,31). The van der Waals surface area contributed by atoms with Gasteiger partial charge in [0.25, 0.3) is 5.91 Å². The quantitative estimate of drug-likeness (QED) is 0.450. The first-order chi connectivity index (χ1) is 15.8. The van der Waals surface area contributed by atoms with E-state index >= 15 is 0 Å². The lowest BCUT2D eigenvalue weighted by Crippen LogP contribution is -2.15. The zero-order valence-corrected chi connectivity index (χ0v) is 17.6. The minimum Gasteiger partial charge on any atom is -0.497 e. The van der Waals surface area contributed by atoms with Crippen molar-refractivity contribution in [1.82, 2.24) is 24.4 Å². The lowest BCUT2D eigenvalue weighted by atomic mass is 10.1. The molecule has 1 amide bonds. The number of anilines is 1. The Morgan fingerprint density at radius 3 is 2.58 bits per heavy atom. The summed E-state index contributed by atoms with van der Waals surface area (Å²) in [6, 6.07) is 7.28. The first-order valence-electron chi connectivity index (χ1n) is 9.82. The molecule has 0 aliphatic heterocycles. The average Bonchev–Trinajstić information content (AvgIpc) is 3.43. The highest BCUT2D eigenvalue weighted by Gasteiger charge is 2.36. The molecule has 1 N–H and O–H groups in total. The molecular formula is C21H19F3N6O3. The van der Waals surface area contributed by atoms with Crippen LogP contribution < -0.4 is 10.1 Å². The van der Waals surface area contributed by atoms with Crippen molar-refractivity contribution in [2.24, 2.45) is 0 Å². The van der Waals surface area contributed by atoms with Crippen LogP contribution in [0.2, 0.25) is 0 Å². The van der Waals surface area contributed by atoms with Gasteiger partial charge >= 0.3 is 6.18 Å². The second-order valence-electron chi connectivity index (χ2n) is 6.89. The maximum absolute atomic E-state index is 13.8. The van der Waals surface area contributed by atoms with Gasteiger partial charge in [0, 0.05) is 12.2 Å². The lowest BCUT2D eigenvalue weighted by molar-refractivity contribution is -0.142. The third kappa shape index (κ3) is 4.65. The number of ether oxygens (including phenoxy) is 2. The fourth-order valence-corrected chi connectivity index (χ4v) is 3.12. The molecule has 0 saturated heterocycles. The Morgan fingerprint density at radius 2 is 1.91 bits per heavy atom. The van der Waals surface area contributed by atoms with E-state index in [1.807, 2.05) is 6.92 Å². The van der Waals surface area contributed by atoms with Crippen molar-refractivity contribution < 1.29 is 27.4 Å². The SMILES string of the molecule is CCOCn1cc(NC(=O)c2cnn3c(C(F)(F)F)cc(-c4ccc(OC)cc4)nc23)cn1. The number of hydrogen-bond acceptors (Lipinski definition) is 6. The van der Waals surface area contributed by atoms with Gasteiger partial charge in [-0.1, -0.05) is 0 Å². The molecule has 0 unspecified atom stereocenters. The Labute approximate surface area is 185 Å². The number of nitrogens with zero attached hydrogens (tertiary/aromatic N) is 5. The van der Waals surface area contributed by atoms with Gasteiger partial charge in [-0.2, -0.15) is 23.4 Å². The Hall–Kier alpha value is -3.93. The Bertz CT molecular complexity index is 1280. The molecule has 9 nitrogen and oxygen atoms in total. The van der Waals surface area contributed by atoms with E-state index in [0.717, 1.165) is 12.3 Å². The van der Waals surface area contributed by atoms with Gasteiger partial charge in [-0.05, 0) is 37.3 Å². The number of benzene rings is 1. The van der Waals surface area contributed by atoms with Crippen molar-refractivity contribution in [2.45, 2.75) is 19.8 Å². The summed E-state index contributed by atoms with van der Waals surface area (Å²) in [4.78, 5) is 17.1. The molecule has 0 radical (unpaired) electrons. The predicted molar refractivity (Wildman–Crippen MR) is 112 cm³/mol. The van der Waals surface area contributed by atoms with E-state index in [9.17, 15) is 18.0 Å². The van der Waals surface area contributed by atoms with Crippen LogP contribution in [0.15, 0.2) is 48.9 Å². The van der Waals surface area contributed by atoms with Crippen LogP contribution in [0.1, 0.15) is 23.0 Å². The first kappa shape index (κ1) is 22.3. The number of aromatic nitrogens is 5. The molecule has 172 valence electrons. The van der Waals surface area contributed by atoms with Crippen LogP contribution in [0.25, 0.3) is 16.9 Å². The molecule has 0 spiro atoms. The summed E-state index contributed by atoms with van der Waals surface area (Å²) in [5, 5.41) is 10.4. The van der Waals surface area contributed by atoms with Crippen molar-refractivity contribution in [3.05, 3.63) is 60.2 Å². The van der Waals surface area contributed by atoms with Crippen LogP contribution >= 0.6 is 0 Å². The summed E-state index contributed by atoms with van der Waals surface area (Å²) in [6.45, 7) is 2.53. The Morgan fingerprint density at radius 1 is 1.15 bits per heavy atom. The number of hydrogen-bond donors (Lipinski definition) is 1. The molecule has 4 rings (SSSR count). The van der Waals surface area contributed by atoms with Crippen molar-refractivity contribution in [3.8, 4) is 17.0 Å². The summed E-state index contributed by atoms with van der Waals surface area (Å²) in [7, 11) is 1.48. The van der Waals surface area contributed by atoms with Gasteiger partial charge in [-0.25, -0.2) is 14.2 Å². The van der Waals surface area contributed by atoms with Crippen LogP contribution in [-0.4, -0.2) is 44.0 Å². The molecule has 1 aromatic carbocycles. The summed E-state index contributed by atoms with van der Waals surface area (Å²) < 4.78 is 53.7. The molecule has 4 aromatic rings. The highest BCUT2D eigenvalue weighted by atomic mass is 19.4. The Kier molecular flexibility index (Phi) is 6.01. The van der Waals surface area contributed by atoms with Gasteiger partial charge < -0.3 is 14.8 Å². The molecule has 0 atom stereocenters. The Balaban J connectivity index is 1.73. The zero-order valence-electron chi connectivity index (χ0n) is 17.6. The minimum absolute atomic E-state index is 0.0385. The number of nitrogens with one attached hydrogen (secondary N) is 1. The maximum Gasteiger partial charge on any atom is 0.433 e. The molecule has 0 aliphatic carbocycles. The third-order valence-corrected chi connectivity index (χ3v) is 4.71. The fourth-order valence-electron chi connectivity index (χ4n) is 3.12. The van der Waals surface area contributed by atoms with Gasteiger partial charge in [0.1, 0.15) is 18.0 Å². The van der Waals surface area contributed by atoms with Crippen molar-refractivity contribution in [1.29, 1.82) is 0 Å². The van der Waals surface area contributed by atoms with E-state index in [1.165, 1.54) is 24.2 Å². The number of halogens is 3.